The lowest BCUT2D eigenvalue weighted by Gasteiger charge is -2.12. The molecule has 148 valence electrons. The first-order chi connectivity index (χ1) is 12.9. The van der Waals surface area contributed by atoms with E-state index in [1.165, 1.54) is 12.1 Å². The Morgan fingerprint density at radius 3 is 2.78 bits per heavy atom. The summed E-state index contributed by atoms with van der Waals surface area (Å²) in [6, 6.07) is 4.59. The summed E-state index contributed by atoms with van der Waals surface area (Å²) in [5.74, 6) is 0.263. The molecule has 0 saturated heterocycles. The molecule has 2 aromatic rings. The number of aryl methyl sites for hydroxylation is 2. The molecular formula is C18H26N4O4S. The Morgan fingerprint density at radius 1 is 1.30 bits per heavy atom. The van der Waals surface area contributed by atoms with Gasteiger partial charge in [0.1, 0.15) is 5.75 Å². The molecule has 0 atom stereocenters. The Hall–Kier alpha value is -2.39. The second-order valence-electron chi connectivity index (χ2n) is 6.12. The van der Waals surface area contributed by atoms with E-state index in [2.05, 4.69) is 15.0 Å². The van der Waals surface area contributed by atoms with Gasteiger partial charge >= 0.3 is 0 Å². The lowest BCUT2D eigenvalue weighted by molar-refractivity contribution is -0.123. The summed E-state index contributed by atoms with van der Waals surface area (Å²) in [5, 5.41) is 2.79. The molecule has 1 aromatic carbocycles. The average molecular weight is 394 g/mol. The zero-order chi connectivity index (χ0) is 19.7. The third-order valence-corrected chi connectivity index (χ3v) is 5.29. The summed E-state index contributed by atoms with van der Waals surface area (Å²) in [6.07, 6.45) is 6.82. The van der Waals surface area contributed by atoms with Gasteiger partial charge in [0.25, 0.3) is 5.91 Å². The van der Waals surface area contributed by atoms with Crippen molar-refractivity contribution < 1.29 is 17.9 Å². The smallest absolute Gasteiger partial charge is 0.257 e. The SMILES string of the molecule is CCCNS(=O)(=O)c1ccc(OCC(=O)NCCCn2ccnc2)c(C)c1. The molecule has 1 amide bonds. The average Bonchev–Trinajstić information content (AvgIpc) is 3.16. The molecule has 8 nitrogen and oxygen atoms in total. The Bertz CT molecular complexity index is 835. The molecule has 1 aromatic heterocycles. The summed E-state index contributed by atoms with van der Waals surface area (Å²) in [6.45, 7) is 5.24. The highest BCUT2D eigenvalue weighted by Crippen LogP contribution is 2.21. The molecule has 0 aliphatic carbocycles. The summed E-state index contributed by atoms with van der Waals surface area (Å²) in [5.41, 5.74) is 0.655. The van der Waals surface area contributed by atoms with Crippen LogP contribution in [0.4, 0.5) is 0 Å². The van der Waals surface area contributed by atoms with Gasteiger partial charge in [0.2, 0.25) is 10.0 Å². The third-order valence-electron chi connectivity index (χ3n) is 3.83. The molecule has 0 bridgehead atoms. The molecule has 0 spiro atoms. The van der Waals surface area contributed by atoms with Crippen LogP contribution in [0.25, 0.3) is 0 Å². The van der Waals surface area contributed by atoms with E-state index in [1.807, 2.05) is 17.7 Å². The van der Waals surface area contributed by atoms with Gasteiger partial charge in [-0.05, 0) is 43.5 Å². The lowest BCUT2D eigenvalue weighted by atomic mass is 10.2. The van der Waals surface area contributed by atoms with Gasteiger partial charge in [0.05, 0.1) is 11.2 Å². The number of ether oxygens (including phenoxy) is 1. The van der Waals surface area contributed by atoms with Crippen molar-refractivity contribution in [3.05, 3.63) is 42.5 Å². The van der Waals surface area contributed by atoms with Crippen LogP contribution in [0.2, 0.25) is 0 Å². The molecule has 2 rings (SSSR count). The quantitative estimate of drug-likeness (QED) is 0.562. The molecule has 2 N–H and O–H groups in total. The van der Waals surface area contributed by atoms with Crippen molar-refractivity contribution in [1.82, 2.24) is 19.6 Å². The Balaban J connectivity index is 1.78. The molecule has 0 unspecified atom stereocenters. The van der Waals surface area contributed by atoms with Crippen LogP contribution >= 0.6 is 0 Å². The monoisotopic (exact) mass is 394 g/mol. The topological polar surface area (TPSA) is 102 Å². The molecule has 9 heteroatoms. The zero-order valence-corrected chi connectivity index (χ0v) is 16.5. The first-order valence-corrected chi connectivity index (χ1v) is 10.4. The van der Waals surface area contributed by atoms with Gasteiger partial charge in [0, 0.05) is 32.0 Å². The normalized spacial score (nSPS) is 11.3. The van der Waals surface area contributed by atoms with Crippen LogP contribution in [0.15, 0.2) is 41.8 Å². The number of carbonyl (C=O) groups excluding carboxylic acids is 1. The third kappa shape index (κ3) is 6.69. The predicted molar refractivity (Wildman–Crippen MR) is 102 cm³/mol. The maximum absolute atomic E-state index is 12.1. The minimum atomic E-state index is -3.52. The molecule has 0 fully saturated rings. The Kier molecular flexibility index (Phi) is 7.81. The second kappa shape index (κ2) is 10.1. The number of rotatable bonds is 11. The van der Waals surface area contributed by atoms with E-state index in [-0.39, 0.29) is 17.4 Å². The molecule has 1 heterocycles. The van der Waals surface area contributed by atoms with Crippen LogP contribution in [-0.4, -0.2) is 43.6 Å². The number of hydrogen-bond acceptors (Lipinski definition) is 5. The van der Waals surface area contributed by atoms with Crippen LogP contribution in [0.3, 0.4) is 0 Å². The highest BCUT2D eigenvalue weighted by atomic mass is 32.2. The zero-order valence-electron chi connectivity index (χ0n) is 15.6. The maximum atomic E-state index is 12.1. The summed E-state index contributed by atoms with van der Waals surface area (Å²) in [4.78, 5) is 16.0. The first-order valence-electron chi connectivity index (χ1n) is 8.88. The van der Waals surface area contributed by atoms with Crippen molar-refractivity contribution in [1.29, 1.82) is 0 Å². The van der Waals surface area contributed by atoms with Crippen LogP contribution in [0.5, 0.6) is 5.75 Å². The Morgan fingerprint density at radius 2 is 2.11 bits per heavy atom. The largest absolute Gasteiger partial charge is 0.484 e. The number of hydrogen-bond donors (Lipinski definition) is 2. The number of nitrogens with one attached hydrogen (secondary N) is 2. The van der Waals surface area contributed by atoms with Gasteiger partial charge in [-0.25, -0.2) is 18.1 Å². The van der Waals surface area contributed by atoms with E-state index in [0.29, 0.717) is 24.4 Å². The van der Waals surface area contributed by atoms with Crippen molar-refractivity contribution in [3.8, 4) is 5.75 Å². The summed E-state index contributed by atoms with van der Waals surface area (Å²) >= 11 is 0. The molecular weight excluding hydrogens is 368 g/mol. The van der Waals surface area contributed by atoms with Gasteiger partial charge in [-0.1, -0.05) is 6.92 Å². The number of benzene rings is 1. The van der Waals surface area contributed by atoms with E-state index in [0.717, 1.165) is 19.4 Å². The number of sulfonamides is 1. The van der Waals surface area contributed by atoms with Crippen LogP contribution < -0.4 is 14.8 Å². The van der Waals surface area contributed by atoms with E-state index < -0.39 is 10.0 Å². The first kappa shape index (κ1) is 20.9. The van der Waals surface area contributed by atoms with Gasteiger partial charge in [0.15, 0.2) is 6.61 Å². The van der Waals surface area contributed by atoms with Crippen LogP contribution in [0, 0.1) is 6.92 Å². The molecule has 27 heavy (non-hydrogen) atoms. The Labute approximate surface area is 160 Å². The van der Waals surface area contributed by atoms with Gasteiger partial charge in [-0.15, -0.1) is 0 Å². The molecule has 0 saturated carbocycles. The highest BCUT2D eigenvalue weighted by Gasteiger charge is 2.15. The van der Waals surface area contributed by atoms with Crippen LogP contribution in [-0.2, 0) is 21.4 Å². The van der Waals surface area contributed by atoms with Crippen molar-refractivity contribution in [2.24, 2.45) is 0 Å². The van der Waals surface area contributed by atoms with Crippen molar-refractivity contribution in [2.45, 2.75) is 38.1 Å². The molecule has 0 aliphatic heterocycles. The summed E-state index contributed by atoms with van der Waals surface area (Å²) in [7, 11) is -3.52. The number of carbonyl (C=O) groups is 1. The fraction of sp³-hybridized carbons (Fsp3) is 0.444. The van der Waals surface area contributed by atoms with E-state index in [4.69, 9.17) is 4.74 Å². The number of imidazole rings is 1. The van der Waals surface area contributed by atoms with Gasteiger partial charge in [-0.3, -0.25) is 4.79 Å². The van der Waals surface area contributed by atoms with Crippen molar-refractivity contribution in [2.75, 3.05) is 19.7 Å². The second-order valence-corrected chi connectivity index (χ2v) is 7.88. The fourth-order valence-corrected chi connectivity index (χ4v) is 3.59. The number of amides is 1. The van der Waals surface area contributed by atoms with Crippen molar-refractivity contribution >= 4 is 15.9 Å². The fourth-order valence-electron chi connectivity index (χ4n) is 2.37. The van der Waals surface area contributed by atoms with Gasteiger partial charge in [-0.2, -0.15) is 0 Å². The lowest BCUT2D eigenvalue weighted by Crippen LogP contribution is -2.30. The molecule has 0 aliphatic rings. The highest BCUT2D eigenvalue weighted by molar-refractivity contribution is 7.89. The van der Waals surface area contributed by atoms with Gasteiger partial charge < -0.3 is 14.6 Å². The minimum Gasteiger partial charge on any atom is -0.484 e. The van der Waals surface area contributed by atoms with Crippen molar-refractivity contribution in [3.63, 3.8) is 0 Å². The number of aromatic nitrogens is 2. The summed E-state index contributed by atoms with van der Waals surface area (Å²) < 4.78 is 34.2. The maximum Gasteiger partial charge on any atom is 0.257 e. The van der Waals surface area contributed by atoms with E-state index >= 15 is 0 Å². The van der Waals surface area contributed by atoms with Crippen LogP contribution in [0.1, 0.15) is 25.3 Å². The number of nitrogens with zero attached hydrogens (tertiary/aromatic N) is 2. The van der Waals surface area contributed by atoms with E-state index in [1.54, 1.807) is 25.5 Å². The predicted octanol–water partition coefficient (Wildman–Crippen LogP) is 1.47. The minimum absolute atomic E-state index is 0.119. The standard InChI is InChI=1S/C18H26N4O4S/c1-3-7-21-27(24,25)16-5-6-17(15(2)12-16)26-13-18(23)20-8-4-10-22-11-9-19-14-22/h5-6,9,11-12,14,21H,3-4,7-8,10,13H2,1-2H3,(H,20,23). The molecule has 0 radical (unpaired) electrons. The van der Waals surface area contributed by atoms with E-state index in [9.17, 15) is 13.2 Å².